The molecule has 2 N–H and O–H groups in total. The molecule has 0 aliphatic carbocycles. The fourth-order valence-corrected chi connectivity index (χ4v) is 3.75. The van der Waals surface area contributed by atoms with Crippen LogP contribution in [0.15, 0.2) is 16.5 Å². The number of fused-ring (bicyclic) bond motifs is 2. The molecular formula is C20H22ClN5O4. The molecule has 0 unspecified atom stereocenters. The number of aromatic nitrogens is 3. The lowest BCUT2D eigenvalue weighted by atomic mass is 10.0. The Hall–Kier alpha value is -3.07. The Bertz CT molecular complexity index is 1170. The lowest BCUT2D eigenvalue weighted by molar-refractivity contribution is 0.0193. The Balaban J connectivity index is 1.76. The zero-order chi connectivity index (χ0) is 21.8. The number of hydrogen-bond donors (Lipinski definition) is 1. The molecule has 0 spiro atoms. The number of rotatable bonds is 2. The number of benzene rings is 1. The van der Waals surface area contributed by atoms with Crippen molar-refractivity contribution >= 4 is 34.7 Å². The Morgan fingerprint density at radius 1 is 1.27 bits per heavy atom. The summed E-state index contributed by atoms with van der Waals surface area (Å²) in [6, 6.07) is 3.42. The van der Waals surface area contributed by atoms with E-state index in [2.05, 4.69) is 10.1 Å². The average molecular weight is 432 g/mol. The Morgan fingerprint density at radius 3 is 2.67 bits per heavy atom. The van der Waals surface area contributed by atoms with Crippen molar-refractivity contribution in [1.29, 1.82) is 0 Å². The summed E-state index contributed by atoms with van der Waals surface area (Å²) in [7, 11) is 0. The smallest absolute Gasteiger partial charge is 0.410 e. The van der Waals surface area contributed by atoms with Crippen molar-refractivity contribution in [3.8, 4) is 11.3 Å². The molecule has 2 amide bonds. The normalized spacial score (nSPS) is 14.1. The number of amides is 2. The maximum absolute atomic E-state index is 12.5. The highest BCUT2D eigenvalue weighted by molar-refractivity contribution is 6.35. The van der Waals surface area contributed by atoms with E-state index in [-0.39, 0.29) is 12.1 Å². The summed E-state index contributed by atoms with van der Waals surface area (Å²) in [6.07, 6.45) is -0.450. The van der Waals surface area contributed by atoms with E-state index in [0.29, 0.717) is 52.1 Å². The number of aryl methyl sites for hydroxylation is 1. The molecule has 158 valence electrons. The van der Waals surface area contributed by atoms with Crippen LogP contribution in [-0.4, -0.2) is 43.8 Å². The fraction of sp³-hybridized carbons (Fsp3) is 0.400. The summed E-state index contributed by atoms with van der Waals surface area (Å²) in [6.45, 7) is 8.12. The van der Waals surface area contributed by atoms with Crippen LogP contribution in [0.3, 0.4) is 0 Å². The lowest BCUT2D eigenvalue weighted by Gasteiger charge is -2.30. The summed E-state index contributed by atoms with van der Waals surface area (Å²) in [5.41, 5.74) is 7.92. The first-order chi connectivity index (χ1) is 14.0. The molecule has 1 aromatic carbocycles. The van der Waals surface area contributed by atoms with E-state index in [4.69, 9.17) is 26.5 Å². The minimum atomic E-state index is -0.634. The number of ether oxygens (including phenoxy) is 1. The molecule has 1 aliphatic heterocycles. The number of halogens is 1. The van der Waals surface area contributed by atoms with Gasteiger partial charge in [-0.05, 0) is 32.9 Å². The number of nitrogens with zero attached hydrogens (tertiary/aromatic N) is 4. The monoisotopic (exact) mass is 431 g/mol. The Labute approximate surface area is 177 Å². The third-order valence-electron chi connectivity index (χ3n) is 4.70. The number of primary amides is 1. The molecule has 0 fully saturated rings. The minimum Gasteiger partial charge on any atom is -0.444 e. The van der Waals surface area contributed by atoms with Gasteiger partial charge in [-0.1, -0.05) is 11.6 Å². The van der Waals surface area contributed by atoms with Gasteiger partial charge in [0.2, 0.25) is 0 Å². The Morgan fingerprint density at radius 2 is 2.00 bits per heavy atom. The molecule has 4 rings (SSSR count). The van der Waals surface area contributed by atoms with E-state index >= 15 is 0 Å². The van der Waals surface area contributed by atoms with E-state index in [1.165, 1.54) is 4.90 Å². The van der Waals surface area contributed by atoms with Gasteiger partial charge in [-0.2, -0.15) is 5.10 Å². The maximum atomic E-state index is 12.5. The van der Waals surface area contributed by atoms with Crippen LogP contribution in [0.5, 0.6) is 0 Å². The van der Waals surface area contributed by atoms with Gasteiger partial charge in [-0.3, -0.25) is 9.48 Å². The maximum Gasteiger partial charge on any atom is 0.410 e. The van der Waals surface area contributed by atoms with Crippen molar-refractivity contribution in [2.45, 2.75) is 46.4 Å². The zero-order valence-electron chi connectivity index (χ0n) is 17.2. The predicted octanol–water partition coefficient (Wildman–Crippen LogP) is 3.50. The van der Waals surface area contributed by atoms with E-state index < -0.39 is 17.6 Å². The van der Waals surface area contributed by atoms with Gasteiger partial charge in [0.25, 0.3) is 5.91 Å². The van der Waals surface area contributed by atoms with Crippen LogP contribution in [0.4, 0.5) is 4.79 Å². The SMILES string of the molecule is Cc1nc2cc(-c3nn4c(c3C(N)=O)CN(C(=O)OC(C)(C)C)CC4)cc(Cl)c2o1. The minimum absolute atomic E-state index is 0.166. The number of oxazole rings is 1. The molecule has 2 aromatic heterocycles. The van der Waals surface area contributed by atoms with Crippen molar-refractivity contribution in [3.63, 3.8) is 0 Å². The van der Waals surface area contributed by atoms with Crippen molar-refractivity contribution in [2.75, 3.05) is 6.54 Å². The first-order valence-electron chi connectivity index (χ1n) is 9.48. The third-order valence-corrected chi connectivity index (χ3v) is 4.98. The van der Waals surface area contributed by atoms with E-state index in [9.17, 15) is 9.59 Å². The molecule has 0 radical (unpaired) electrons. The van der Waals surface area contributed by atoms with Gasteiger partial charge in [0.15, 0.2) is 11.5 Å². The molecule has 0 saturated carbocycles. The second-order valence-electron chi connectivity index (χ2n) is 8.20. The molecule has 3 heterocycles. The third kappa shape index (κ3) is 3.60. The van der Waals surface area contributed by atoms with Crippen molar-refractivity contribution in [3.05, 3.63) is 34.3 Å². The predicted molar refractivity (Wildman–Crippen MR) is 110 cm³/mol. The summed E-state index contributed by atoms with van der Waals surface area (Å²) < 4.78 is 12.7. The van der Waals surface area contributed by atoms with Gasteiger partial charge >= 0.3 is 6.09 Å². The zero-order valence-corrected chi connectivity index (χ0v) is 17.9. The summed E-state index contributed by atoms with van der Waals surface area (Å²) >= 11 is 6.36. The van der Waals surface area contributed by atoms with Crippen molar-refractivity contribution in [1.82, 2.24) is 19.7 Å². The number of nitrogens with two attached hydrogens (primary N) is 1. The van der Waals surface area contributed by atoms with E-state index in [1.807, 2.05) is 0 Å². The Kier molecular flexibility index (Phi) is 4.73. The molecule has 0 atom stereocenters. The second kappa shape index (κ2) is 7.02. The number of carbonyl (C=O) groups is 2. The van der Waals surface area contributed by atoms with Crippen LogP contribution in [0.25, 0.3) is 22.4 Å². The number of carbonyl (C=O) groups excluding carboxylic acids is 2. The molecule has 1 aliphatic rings. The molecule has 30 heavy (non-hydrogen) atoms. The highest BCUT2D eigenvalue weighted by Crippen LogP contribution is 2.34. The summed E-state index contributed by atoms with van der Waals surface area (Å²) in [4.78, 5) is 30.7. The molecule has 0 saturated heterocycles. The van der Waals surface area contributed by atoms with Crippen LogP contribution in [0, 0.1) is 6.92 Å². The highest BCUT2D eigenvalue weighted by Gasteiger charge is 2.32. The lowest BCUT2D eigenvalue weighted by Crippen LogP contribution is -2.42. The van der Waals surface area contributed by atoms with Crippen LogP contribution in [-0.2, 0) is 17.8 Å². The molecule has 10 heteroatoms. The summed E-state index contributed by atoms with van der Waals surface area (Å²) in [5.74, 6) is -0.152. The van der Waals surface area contributed by atoms with Gasteiger partial charge < -0.3 is 19.8 Å². The molecule has 3 aromatic rings. The van der Waals surface area contributed by atoms with Crippen LogP contribution in [0.2, 0.25) is 5.02 Å². The van der Waals surface area contributed by atoms with E-state index in [1.54, 1.807) is 44.5 Å². The first kappa shape index (κ1) is 20.2. The largest absolute Gasteiger partial charge is 0.444 e. The fourth-order valence-electron chi connectivity index (χ4n) is 3.50. The second-order valence-corrected chi connectivity index (χ2v) is 8.61. The molecule has 9 nitrogen and oxygen atoms in total. The first-order valence-corrected chi connectivity index (χ1v) is 9.86. The van der Waals surface area contributed by atoms with Crippen LogP contribution >= 0.6 is 11.6 Å². The van der Waals surface area contributed by atoms with Gasteiger partial charge in [0.05, 0.1) is 29.4 Å². The highest BCUT2D eigenvalue weighted by atomic mass is 35.5. The van der Waals surface area contributed by atoms with Crippen LogP contribution < -0.4 is 5.73 Å². The van der Waals surface area contributed by atoms with Gasteiger partial charge in [0.1, 0.15) is 16.8 Å². The van der Waals surface area contributed by atoms with Crippen molar-refractivity contribution in [2.24, 2.45) is 5.73 Å². The van der Waals surface area contributed by atoms with Gasteiger partial charge in [0, 0.05) is 19.0 Å². The standard InChI is InChI=1S/C20H22ClN5O4/c1-10-23-13-8-11(7-12(21)17(13)29-10)16-15(18(22)27)14-9-25(5-6-26(14)24-16)19(28)30-20(2,3)4/h7-8H,5-6,9H2,1-4H3,(H2,22,27). The molecular weight excluding hydrogens is 410 g/mol. The average Bonchev–Trinajstić information content (AvgIpc) is 3.19. The number of hydrogen-bond acceptors (Lipinski definition) is 6. The quantitative estimate of drug-likeness (QED) is 0.663. The van der Waals surface area contributed by atoms with Gasteiger partial charge in [-0.15, -0.1) is 0 Å². The van der Waals surface area contributed by atoms with Crippen molar-refractivity contribution < 1.29 is 18.7 Å². The van der Waals surface area contributed by atoms with E-state index in [0.717, 1.165) is 0 Å². The summed E-state index contributed by atoms with van der Waals surface area (Å²) in [5, 5.41) is 4.95. The van der Waals surface area contributed by atoms with Gasteiger partial charge in [-0.25, -0.2) is 9.78 Å². The van der Waals surface area contributed by atoms with Crippen LogP contribution in [0.1, 0.15) is 42.7 Å². The molecule has 0 bridgehead atoms. The topological polar surface area (TPSA) is 116 Å².